The predicted molar refractivity (Wildman–Crippen MR) is 174 cm³/mol. The van der Waals surface area contributed by atoms with Crippen molar-refractivity contribution in [1.29, 1.82) is 0 Å². The van der Waals surface area contributed by atoms with Crippen molar-refractivity contribution < 1.29 is 79.2 Å². The summed E-state index contributed by atoms with van der Waals surface area (Å²) >= 11 is 3.65. The van der Waals surface area contributed by atoms with Crippen LogP contribution < -0.4 is 34.4 Å². The smallest absolute Gasteiger partial charge is 0.321 e. The predicted octanol–water partition coefficient (Wildman–Crippen LogP) is -3.45. The van der Waals surface area contributed by atoms with Crippen LogP contribution in [-0.4, -0.2) is 131 Å². The summed E-state index contributed by atoms with van der Waals surface area (Å²) in [6, 6.07) is 4.65. The van der Waals surface area contributed by atoms with Gasteiger partial charge >= 0.3 is 47.8 Å². The fourth-order valence-corrected chi connectivity index (χ4v) is 1.87. The van der Waals surface area contributed by atoms with Gasteiger partial charge in [-0.3, -0.25) is 38.4 Å². The molecule has 0 heterocycles. The molecule has 0 spiro atoms. The fourth-order valence-electron chi connectivity index (χ4n) is 1.71. The summed E-state index contributed by atoms with van der Waals surface area (Å²) in [4.78, 5) is 78.4. The molecule has 1 rings (SSSR count). The van der Waals surface area contributed by atoms with Crippen LogP contribution in [0.15, 0.2) is 30.3 Å². The molecule has 1 aromatic carbocycles. The number of rotatable bonds is 14. The molecule has 0 aliphatic carbocycles. The summed E-state index contributed by atoms with van der Waals surface area (Å²) in [6.45, 7) is 1.14. The largest absolute Gasteiger partial charge is 0.481 e. The van der Waals surface area contributed by atoms with Gasteiger partial charge in [0, 0.05) is 12.2 Å². The summed E-state index contributed by atoms with van der Waals surface area (Å²) in [5, 5.41) is 64.3. The highest BCUT2D eigenvalue weighted by Gasteiger charge is 2.15. The standard InChI is InChI=1S/C9H11NO2.C5H9NO4.C4H7NO4.C3H7NO2S.C3H7NO2.C2H5NO2/c10-8(9(11)12)6-7-4-2-1-3-5-7;6-3(5(9)10)1-2-4(7)8;5-2(4(8)9)1-3(6)7;4-2(1-7)3(5)6;1-2(4)3(5)6;3-1-2(4)5/h1-5,8H,6,10H2,(H,11,12);3H,1-2,6H2,(H,7,8)(H,9,10);2H,1,5H2,(H,6,7)(H,8,9);2,7H,1,4H2,(H,5,6);2H,4H2,1H3,(H,5,6);1,3H2,(H,4,5). The van der Waals surface area contributed by atoms with Crippen LogP contribution in [0.25, 0.3) is 0 Å². The van der Waals surface area contributed by atoms with Gasteiger partial charge in [-0.15, -0.1) is 0 Å². The van der Waals surface area contributed by atoms with E-state index in [0.29, 0.717) is 6.42 Å². The Morgan fingerprint density at radius 3 is 1.16 bits per heavy atom. The van der Waals surface area contributed by atoms with Crippen LogP contribution in [-0.2, 0) is 44.8 Å². The molecule has 0 bridgehead atoms. The van der Waals surface area contributed by atoms with Gasteiger partial charge in [-0.05, 0) is 25.3 Å². The third-order valence-electron chi connectivity index (χ3n) is 4.39. The van der Waals surface area contributed by atoms with Gasteiger partial charge in [0.05, 0.1) is 13.0 Å². The lowest BCUT2D eigenvalue weighted by molar-refractivity contribution is -0.144. The SMILES string of the molecule is CC(N)C(=O)O.NC(CC(=O)O)C(=O)O.NC(CCC(=O)O)C(=O)O.NC(CS)C(=O)O.NC(Cc1ccccc1)C(=O)O.NCC(=O)O. The molecule has 23 heteroatoms. The van der Waals surface area contributed by atoms with E-state index in [4.69, 9.17) is 69.5 Å². The summed E-state index contributed by atoms with van der Waals surface area (Å²) in [5.74, 6) is -8.40. The Bertz CT molecular complexity index is 1140. The lowest BCUT2D eigenvalue weighted by Crippen LogP contribution is -2.32. The van der Waals surface area contributed by atoms with E-state index < -0.39 is 84.4 Å². The quantitative estimate of drug-likeness (QED) is 0.0827. The van der Waals surface area contributed by atoms with Crippen molar-refractivity contribution in [3.05, 3.63) is 35.9 Å². The van der Waals surface area contributed by atoms with E-state index in [1.54, 1.807) is 0 Å². The van der Waals surface area contributed by atoms with Crippen molar-refractivity contribution in [2.45, 2.75) is 62.8 Å². The van der Waals surface area contributed by atoms with Gasteiger partial charge in [0.2, 0.25) is 0 Å². The molecular formula is C26H46N6O16S. The highest BCUT2D eigenvalue weighted by atomic mass is 32.1. The zero-order valence-electron chi connectivity index (χ0n) is 26.3. The molecule has 22 nitrogen and oxygen atoms in total. The molecule has 282 valence electrons. The fraction of sp³-hybridized carbons (Fsp3) is 0.462. The summed E-state index contributed by atoms with van der Waals surface area (Å²) < 4.78 is 0. The van der Waals surface area contributed by atoms with E-state index in [9.17, 15) is 38.4 Å². The molecule has 0 saturated heterocycles. The highest BCUT2D eigenvalue weighted by Crippen LogP contribution is 2.01. The highest BCUT2D eigenvalue weighted by molar-refractivity contribution is 7.80. The molecule has 1 aromatic rings. The van der Waals surface area contributed by atoms with Crippen molar-refractivity contribution in [1.82, 2.24) is 0 Å². The lowest BCUT2D eigenvalue weighted by atomic mass is 10.1. The van der Waals surface area contributed by atoms with Crippen molar-refractivity contribution >= 4 is 60.4 Å². The Kier molecular flexibility index (Phi) is 36.1. The van der Waals surface area contributed by atoms with Gasteiger partial charge in [-0.25, -0.2) is 0 Å². The second-order valence-corrected chi connectivity index (χ2v) is 9.27. The number of nitrogens with two attached hydrogens (primary N) is 6. The first-order valence-corrected chi connectivity index (χ1v) is 13.9. The molecule has 20 N–H and O–H groups in total. The second-order valence-electron chi connectivity index (χ2n) is 8.91. The van der Waals surface area contributed by atoms with Crippen LogP contribution in [0.2, 0.25) is 0 Å². The molecule has 0 radical (unpaired) electrons. The zero-order chi connectivity index (χ0) is 39.9. The average molecular weight is 731 g/mol. The monoisotopic (exact) mass is 730 g/mol. The molecule has 5 unspecified atom stereocenters. The number of carboxylic acid groups (broad SMARTS) is 8. The van der Waals surface area contributed by atoms with E-state index in [-0.39, 0.29) is 25.1 Å². The van der Waals surface area contributed by atoms with E-state index in [2.05, 4.69) is 18.4 Å². The zero-order valence-corrected chi connectivity index (χ0v) is 27.2. The van der Waals surface area contributed by atoms with E-state index in [1.807, 2.05) is 30.3 Å². The molecular weight excluding hydrogens is 684 g/mol. The summed E-state index contributed by atoms with van der Waals surface area (Å²) in [7, 11) is 0. The van der Waals surface area contributed by atoms with Crippen LogP contribution in [0, 0.1) is 0 Å². The number of thiol groups is 1. The van der Waals surface area contributed by atoms with Crippen molar-refractivity contribution in [3.8, 4) is 0 Å². The minimum absolute atomic E-state index is 0.0231. The third-order valence-corrected chi connectivity index (χ3v) is 4.79. The number of aliphatic carboxylic acids is 8. The van der Waals surface area contributed by atoms with Crippen LogP contribution in [0.3, 0.4) is 0 Å². The van der Waals surface area contributed by atoms with Gasteiger partial charge < -0.3 is 75.3 Å². The second kappa shape index (κ2) is 33.0. The maximum absolute atomic E-state index is 10.4. The normalized spacial score (nSPS) is 12.2. The third kappa shape index (κ3) is 45.3. The van der Waals surface area contributed by atoms with E-state index in [0.717, 1.165) is 5.56 Å². The minimum atomic E-state index is -1.29. The van der Waals surface area contributed by atoms with Crippen LogP contribution in [0.1, 0.15) is 31.7 Å². The number of hydrogen-bond donors (Lipinski definition) is 15. The summed E-state index contributed by atoms with van der Waals surface area (Å²) in [5.41, 5.74) is 30.5. The van der Waals surface area contributed by atoms with Gasteiger partial charge in [-0.1, -0.05) is 30.3 Å². The van der Waals surface area contributed by atoms with Crippen LogP contribution in [0.4, 0.5) is 0 Å². The maximum Gasteiger partial charge on any atom is 0.321 e. The molecule has 5 atom stereocenters. The number of carbonyl (C=O) groups is 8. The van der Waals surface area contributed by atoms with Crippen LogP contribution >= 0.6 is 12.6 Å². The maximum atomic E-state index is 10.4. The molecule has 0 fully saturated rings. The Morgan fingerprint density at radius 2 is 0.959 bits per heavy atom. The molecule has 49 heavy (non-hydrogen) atoms. The van der Waals surface area contributed by atoms with Crippen molar-refractivity contribution in [2.75, 3.05) is 12.3 Å². The van der Waals surface area contributed by atoms with E-state index in [1.165, 1.54) is 6.92 Å². The molecule has 0 aliphatic heterocycles. The van der Waals surface area contributed by atoms with E-state index >= 15 is 0 Å². The number of hydrogen-bond acceptors (Lipinski definition) is 15. The topological polar surface area (TPSA) is 455 Å². The first-order chi connectivity index (χ1) is 22.4. The number of carboxylic acids is 8. The van der Waals surface area contributed by atoms with Gasteiger partial charge in [0.1, 0.15) is 30.2 Å². The van der Waals surface area contributed by atoms with Gasteiger partial charge in [0.15, 0.2) is 0 Å². The number of benzene rings is 1. The molecule has 0 saturated carbocycles. The minimum Gasteiger partial charge on any atom is -0.481 e. The lowest BCUT2D eigenvalue weighted by Gasteiger charge is -2.04. The Morgan fingerprint density at radius 1 is 0.592 bits per heavy atom. The first-order valence-electron chi connectivity index (χ1n) is 13.3. The Labute approximate surface area is 285 Å². The van der Waals surface area contributed by atoms with Gasteiger partial charge in [0.25, 0.3) is 0 Å². The van der Waals surface area contributed by atoms with Crippen molar-refractivity contribution in [3.63, 3.8) is 0 Å². The van der Waals surface area contributed by atoms with Crippen molar-refractivity contribution in [2.24, 2.45) is 34.4 Å². The molecule has 0 amide bonds. The Balaban J connectivity index is -0.000000162. The average Bonchev–Trinajstić information content (AvgIpc) is 3.00. The first kappa shape index (κ1) is 53.6. The molecule has 0 aromatic heterocycles. The molecule has 0 aliphatic rings. The van der Waals surface area contributed by atoms with Gasteiger partial charge in [-0.2, -0.15) is 12.6 Å². The summed E-state index contributed by atoms with van der Waals surface area (Å²) in [6.07, 6.45) is -0.371. The van der Waals surface area contributed by atoms with Crippen LogP contribution in [0.5, 0.6) is 0 Å². The Hall–Kier alpha value is -4.91.